The molecule has 0 bridgehead atoms. The molecule has 11 heteroatoms. The third-order valence-corrected chi connectivity index (χ3v) is 7.45. The van der Waals surface area contributed by atoms with Gasteiger partial charge in [0.15, 0.2) is 11.6 Å². The van der Waals surface area contributed by atoms with Gasteiger partial charge in [-0.3, -0.25) is 4.79 Å². The average Bonchev–Trinajstić information content (AvgIpc) is 2.64. The Labute approximate surface area is 175 Å². The standard InChI is InChI=1S/C17H13Cl3F2N2O3S/c18-11-2-1-3-12(19)16(11)28(26,27)24-6-4-23(5-7-24)17(25)10-8-14(21)15(22)9-13(10)20/h1-3,8-9H,4-7H2. The topological polar surface area (TPSA) is 57.7 Å². The summed E-state index contributed by atoms with van der Waals surface area (Å²) >= 11 is 17.8. The molecule has 5 nitrogen and oxygen atoms in total. The minimum absolute atomic E-state index is 0.000393. The minimum Gasteiger partial charge on any atom is -0.336 e. The number of piperazine rings is 1. The highest BCUT2D eigenvalue weighted by molar-refractivity contribution is 7.89. The van der Waals surface area contributed by atoms with Crippen molar-refractivity contribution >= 4 is 50.7 Å². The van der Waals surface area contributed by atoms with Crippen LogP contribution in [0.5, 0.6) is 0 Å². The molecule has 0 N–H and O–H groups in total. The highest BCUT2D eigenvalue weighted by Crippen LogP contribution is 2.32. The van der Waals surface area contributed by atoms with Crippen LogP contribution in [0.15, 0.2) is 35.2 Å². The summed E-state index contributed by atoms with van der Waals surface area (Å²) in [6, 6.07) is 5.83. The predicted octanol–water partition coefficient (Wildman–Crippen LogP) is 4.07. The molecule has 3 rings (SSSR count). The lowest BCUT2D eigenvalue weighted by atomic mass is 10.1. The molecule has 1 aliphatic rings. The first-order chi connectivity index (χ1) is 13.1. The van der Waals surface area contributed by atoms with Crippen molar-refractivity contribution in [2.45, 2.75) is 4.90 Å². The summed E-state index contributed by atoms with van der Waals surface area (Å²) < 4.78 is 53.5. The second kappa shape index (κ2) is 8.12. The fraction of sp³-hybridized carbons (Fsp3) is 0.235. The number of nitrogens with zero attached hydrogens (tertiary/aromatic N) is 2. The van der Waals surface area contributed by atoms with Crippen molar-refractivity contribution in [3.05, 3.63) is 62.6 Å². The maximum atomic E-state index is 13.5. The fourth-order valence-electron chi connectivity index (χ4n) is 2.85. The molecule has 0 spiro atoms. The predicted molar refractivity (Wildman–Crippen MR) is 102 cm³/mol. The largest absolute Gasteiger partial charge is 0.336 e. The summed E-state index contributed by atoms with van der Waals surface area (Å²) in [4.78, 5) is 13.7. The summed E-state index contributed by atoms with van der Waals surface area (Å²) in [5.41, 5.74) is -0.189. The van der Waals surface area contributed by atoms with Crippen molar-refractivity contribution in [1.82, 2.24) is 9.21 Å². The fourth-order valence-corrected chi connectivity index (χ4v) is 5.59. The normalized spacial score (nSPS) is 15.7. The lowest BCUT2D eigenvalue weighted by Gasteiger charge is -2.34. The first-order valence-corrected chi connectivity index (χ1v) is 10.6. The van der Waals surface area contributed by atoms with Gasteiger partial charge in [0.05, 0.1) is 20.6 Å². The smallest absolute Gasteiger partial charge is 0.255 e. The van der Waals surface area contributed by atoms with Crippen LogP contribution in [0.2, 0.25) is 15.1 Å². The zero-order valence-electron chi connectivity index (χ0n) is 14.1. The van der Waals surface area contributed by atoms with Gasteiger partial charge < -0.3 is 4.90 Å². The van der Waals surface area contributed by atoms with E-state index in [1.807, 2.05) is 0 Å². The number of carbonyl (C=O) groups excluding carboxylic acids is 1. The highest BCUT2D eigenvalue weighted by Gasteiger charge is 2.33. The van der Waals surface area contributed by atoms with Crippen molar-refractivity contribution < 1.29 is 22.0 Å². The zero-order valence-corrected chi connectivity index (χ0v) is 17.2. The van der Waals surface area contributed by atoms with Crippen LogP contribution in [-0.2, 0) is 10.0 Å². The van der Waals surface area contributed by atoms with E-state index in [0.717, 1.165) is 16.4 Å². The van der Waals surface area contributed by atoms with E-state index >= 15 is 0 Å². The van der Waals surface area contributed by atoms with Gasteiger partial charge in [0.1, 0.15) is 4.90 Å². The third kappa shape index (κ3) is 3.97. The van der Waals surface area contributed by atoms with E-state index in [4.69, 9.17) is 34.8 Å². The Morgan fingerprint density at radius 3 is 2.00 bits per heavy atom. The summed E-state index contributed by atoms with van der Waals surface area (Å²) in [5.74, 6) is -2.96. The molecule has 28 heavy (non-hydrogen) atoms. The number of rotatable bonds is 3. The molecule has 0 aromatic heterocycles. The molecule has 1 saturated heterocycles. The Bertz CT molecular complexity index is 1020. The first kappa shape index (κ1) is 21.3. The maximum Gasteiger partial charge on any atom is 0.255 e. The van der Waals surface area contributed by atoms with Gasteiger partial charge in [-0.15, -0.1) is 0 Å². The molecule has 0 radical (unpaired) electrons. The van der Waals surface area contributed by atoms with Crippen LogP contribution in [0, 0.1) is 11.6 Å². The maximum absolute atomic E-state index is 13.5. The van der Waals surface area contributed by atoms with Crippen LogP contribution in [0.3, 0.4) is 0 Å². The number of amides is 1. The van der Waals surface area contributed by atoms with Gasteiger partial charge in [-0.2, -0.15) is 4.31 Å². The Kier molecular flexibility index (Phi) is 6.17. The van der Waals surface area contributed by atoms with E-state index in [9.17, 15) is 22.0 Å². The van der Waals surface area contributed by atoms with Gasteiger partial charge >= 0.3 is 0 Å². The van der Waals surface area contributed by atoms with E-state index in [1.54, 1.807) is 0 Å². The van der Waals surface area contributed by atoms with E-state index in [2.05, 4.69) is 0 Å². The second-order valence-corrected chi connectivity index (χ2v) is 9.09. The molecule has 1 amide bonds. The summed E-state index contributed by atoms with van der Waals surface area (Å²) in [6.07, 6.45) is 0. The van der Waals surface area contributed by atoms with Crippen molar-refractivity contribution in [3.63, 3.8) is 0 Å². The van der Waals surface area contributed by atoms with Gasteiger partial charge in [-0.1, -0.05) is 40.9 Å². The third-order valence-electron chi connectivity index (χ3n) is 4.28. The quantitative estimate of drug-likeness (QED) is 0.637. The molecule has 2 aromatic rings. The SMILES string of the molecule is O=C(c1cc(F)c(F)cc1Cl)N1CCN(S(=O)(=O)c2c(Cl)cccc2Cl)CC1. The number of hydrogen-bond donors (Lipinski definition) is 0. The zero-order chi connectivity index (χ0) is 20.6. The molecule has 1 fully saturated rings. The molecule has 0 aliphatic carbocycles. The lowest BCUT2D eigenvalue weighted by molar-refractivity contribution is 0.0697. The Morgan fingerprint density at radius 1 is 0.893 bits per heavy atom. The van der Waals surface area contributed by atoms with Crippen molar-refractivity contribution in [2.24, 2.45) is 0 Å². The summed E-state index contributed by atoms with van der Waals surface area (Å²) in [7, 11) is -3.96. The number of hydrogen-bond acceptors (Lipinski definition) is 3. The van der Waals surface area contributed by atoms with Gasteiger partial charge in [0.25, 0.3) is 5.91 Å². The molecular formula is C17H13Cl3F2N2O3S. The number of sulfonamides is 1. The van der Waals surface area contributed by atoms with Gasteiger partial charge in [-0.25, -0.2) is 17.2 Å². The molecule has 0 atom stereocenters. The summed E-state index contributed by atoms with van der Waals surface area (Å²) in [6.45, 7) is 0.0404. The van der Waals surface area contributed by atoms with Gasteiger partial charge in [0, 0.05) is 26.2 Å². The molecule has 1 heterocycles. The van der Waals surface area contributed by atoms with Crippen LogP contribution < -0.4 is 0 Å². The molecule has 0 unspecified atom stereocenters. The van der Waals surface area contributed by atoms with E-state index < -0.39 is 27.6 Å². The van der Waals surface area contributed by atoms with Crippen molar-refractivity contribution in [1.29, 1.82) is 0 Å². The van der Waals surface area contributed by atoms with Crippen LogP contribution in [0.1, 0.15) is 10.4 Å². The number of carbonyl (C=O) groups is 1. The molecule has 2 aromatic carbocycles. The molecule has 0 saturated carbocycles. The Morgan fingerprint density at radius 2 is 1.43 bits per heavy atom. The number of benzene rings is 2. The minimum atomic E-state index is -3.96. The second-order valence-electron chi connectivity index (χ2n) is 5.99. The van der Waals surface area contributed by atoms with Gasteiger partial charge in [-0.05, 0) is 24.3 Å². The lowest BCUT2D eigenvalue weighted by Crippen LogP contribution is -2.50. The molecular weight excluding hydrogens is 457 g/mol. The monoisotopic (exact) mass is 468 g/mol. The van der Waals surface area contributed by atoms with Crippen molar-refractivity contribution in [3.8, 4) is 0 Å². The van der Waals surface area contributed by atoms with Crippen LogP contribution in [0.25, 0.3) is 0 Å². The van der Waals surface area contributed by atoms with Gasteiger partial charge in [0.2, 0.25) is 10.0 Å². The van der Waals surface area contributed by atoms with E-state index in [1.165, 1.54) is 23.1 Å². The molecule has 1 aliphatic heterocycles. The van der Waals surface area contributed by atoms with E-state index in [0.29, 0.717) is 0 Å². The average molecular weight is 470 g/mol. The van der Waals surface area contributed by atoms with Crippen LogP contribution in [-0.4, -0.2) is 49.7 Å². The van der Waals surface area contributed by atoms with Crippen LogP contribution >= 0.6 is 34.8 Å². The van der Waals surface area contributed by atoms with Crippen molar-refractivity contribution in [2.75, 3.05) is 26.2 Å². The van der Waals surface area contributed by atoms with Crippen LogP contribution in [0.4, 0.5) is 8.78 Å². The van der Waals surface area contributed by atoms with E-state index in [-0.39, 0.29) is 51.7 Å². The Balaban J connectivity index is 1.78. The first-order valence-electron chi connectivity index (χ1n) is 8.01. The Hall–Kier alpha value is -1.45. The summed E-state index contributed by atoms with van der Waals surface area (Å²) in [5, 5.41) is -0.221. The number of halogens is 5. The molecule has 150 valence electrons. The highest BCUT2D eigenvalue weighted by atomic mass is 35.5.